The van der Waals surface area contributed by atoms with Gasteiger partial charge in [0.15, 0.2) is 5.03 Å². The number of benzene rings is 1. The van der Waals surface area contributed by atoms with Crippen LogP contribution in [0.15, 0.2) is 53.6 Å². The number of pyridine rings is 2. The normalized spacial score (nSPS) is 12.0. The summed E-state index contributed by atoms with van der Waals surface area (Å²) >= 11 is 0. The van der Waals surface area contributed by atoms with Crippen LogP contribution in [-0.2, 0) is 16.2 Å². The summed E-state index contributed by atoms with van der Waals surface area (Å²) in [7, 11) is -4.29. The first-order valence-corrected chi connectivity index (χ1v) is 9.87. The van der Waals surface area contributed by atoms with E-state index in [4.69, 9.17) is 5.73 Å². The summed E-state index contributed by atoms with van der Waals surface area (Å²) in [6.45, 7) is 3.48. The minimum absolute atomic E-state index is 0.00802. The third-order valence-electron chi connectivity index (χ3n) is 4.15. The molecule has 6 nitrogen and oxygen atoms in total. The van der Waals surface area contributed by atoms with Gasteiger partial charge in [0.05, 0.1) is 11.3 Å². The van der Waals surface area contributed by atoms with E-state index >= 15 is 0 Å². The largest absolute Gasteiger partial charge is 0.416 e. The molecule has 0 spiro atoms. The highest BCUT2D eigenvalue weighted by Gasteiger charge is 2.32. The van der Waals surface area contributed by atoms with Crippen LogP contribution < -0.4 is 10.5 Å². The molecule has 0 aliphatic rings. The fourth-order valence-electron chi connectivity index (χ4n) is 2.86. The zero-order valence-corrected chi connectivity index (χ0v) is 16.3. The second-order valence-corrected chi connectivity index (χ2v) is 8.03. The van der Waals surface area contributed by atoms with Crippen molar-refractivity contribution in [1.82, 2.24) is 9.97 Å². The topological polar surface area (TPSA) is 98.0 Å². The van der Waals surface area contributed by atoms with Gasteiger partial charge in [0, 0.05) is 5.56 Å². The lowest BCUT2D eigenvalue weighted by molar-refractivity contribution is -0.137. The maximum absolute atomic E-state index is 13.4. The van der Waals surface area contributed by atoms with Gasteiger partial charge in [-0.05, 0) is 49.2 Å². The predicted molar refractivity (Wildman–Crippen MR) is 104 cm³/mol. The predicted octanol–water partition coefficient (Wildman–Crippen LogP) is 4.16. The molecule has 0 saturated heterocycles. The summed E-state index contributed by atoms with van der Waals surface area (Å²) in [5, 5.41) is -0.426. The van der Waals surface area contributed by atoms with E-state index in [0.29, 0.717) is 22.8 Å². The van der Waals surface area contributed by atoms with Crippen LogP contribution in [0.5, 0.6) is 0 Å². The Morgan fingerprint density at radius 2 is 1.59 bits per heavy atom. The number of nitrogens with two attached hydrogens (primary N) is 1. The molecule has 3 N–H and O–H groups in total. The van der Waals surface area contributed by atoms with Gasteiger partial charge in [-0.15, -0.1) is 0 Å². The van der Waals surface area contributed by atoms with Crippen molar-refractivity contribution in [2.24, 2.45) is 0 Å². The fraction of sp³-hybridized carbons (Fsp3) is 0.158. The van der Waals surface area contributed by atoms with Gasteiger partial charge >= 0.3 is 6.18 Å². The molecule has 0 aliphatic carbocycles. The van der Waals surface area contributed by atoms with Crippen molar-refractivity contribution in [3.05, 3.63) is 65.2 Å². The minimum Gasteiger partial charge on any atom is -0.384 e. The van der Waals surface area contributed by atoms with Crippen LogP contribution in [0.2, 0.25) is 0 Å². The lowest BCUT2D eigenvalue weighted by Crippen LogP contribution is -2.17. The Bertz CT molecular complexity index is 1160. The first kappa shape index (κ1) is 20.6. The molecule has 0 aliphatic heterocycles. The number of rotatable bonds is 4. The molecule has 2 aromatic heterocycles. The SMILES string of the molecule is Cc1cccc(C)c1-c1cc(C(F)(F)F)cc(NS(=O)(=O)c2cccc(N)n2)n1. The Kier molecular flexibility index (Phi) is 5.22. The lowest BCUT2D eigenvalue weighted by atomic mass is 9.98. The first-order chi connectivity index (χ1) is 13.5. The average Bonchev–Trinajstić information content (AvgIpc) is 2.60. The zero-order chi connectivity index (χ0) is 21.4. The van der Waals surface area contributed by atoms with Crippen LogP contribution in [-0.4, -0.2) is 18.4 Å². The summed E-state index contributed by atoms with van der Waals surface area (Å²) in [5.41, 5.74) is 6.40. The lowest BCUT2D eigenvalue weighted by Gasteiger charge is -2.15. The van der Waals surface area contributed by atoms with Crippen LogP contribution in [0.1, 0.15) is 16.7 Å². The van der Waals surface area contributed by atoms with Crippen LogP contribution in [0.4, 0.5) is 24.8 Å². The molecule has 3 rings (SSSR count). The fourth-order valence-corrected chi connectivity index (χ4v) is 3.83. The molecule has 152 valence electrons. The van der Waals surface area contributed by atoms with Gasteiger partial charge in [0.25, 0.3) is 10.0 Å². The maximum Gasteiger partial charge on any atom is 0.416 e. The molecule has 29 heavy (non-hydrogen) atoms. The Hall–Kier alpha value is -3.14. The van der Waals surface area contributed by atoms with Gasteiger partial charge in [-0.2, -0.15) is 21.6 Å². The van der Waals surface area contributed by atoms with E-state index in [2.05, 4.69) is 14.7 Å². The number of anilines is 2. The molecule has 1 aromatic carbocycles. The summed E-state index contributed by atoms with van der Waals surface area (Å²) in [6, 6.07) is 10.7. The van der Waals surface area contributed by atoms with Crippen molar-refractivity contribution in [1.29, 1.82) is 0 Å². The number of hydrogen-bond donors (Lipinski definition) is 2. The molecule has 0 atom stereocenters. The number of nitrogens with one attached hydrogen (secondary N) is 1. The molecule has 0 saturated carbocycles. The highest BCUT2D eigenvalue weighted by Crippen LogP contribution is 2.35. The quantitative estimate of drug-likeness (QED) is 0.658. The van der Waals surface area contributed by atoms with E-state index in [1.54, 1.807) is 32.0 Å². The number of nitrogen functional groups attached to an aromatic ring is 1. The smallest absolute Gasteiger partial charge is 0.384 e. The molecule has 10 heteroatoms. The van der Waals surface area contributed by atoms with E-state index in [1.165, 1.54) is 18.2 Å². The van der Waals surface area contributed by atoms with E-state index in [1.807, 2.05) is 0 Å². The highest BCUT2D eigenvalue weighted by molar-refractivity contribution is 7.92. The zero-order valence-electron chi connectivity index (χ0n) is 15.4. The number of nitrogens with zero attached hydrogens (tertiary/aromatic N) is 2. The van der Waals surface area contributed by atoms with Crippen molar-refractivity contribution < 1.29 is 21.6 Å². The van der Waals surface area contributed by atoms with Crippen LogP contribution >= 0.6 is 0 Å². The van der Waals surface area contributed by atoms with Gasteiger partial charge in [0.2, 0.25) is 0 Å². The summed E-state index contributed by atoms with van der Waals surface area (Å²) in [4.78, 5) is 7.82. The van der Waals surface area contributed by atoms with Crippen molar-refractivity contribution in [2.45, 2.75) is 25.0 Å². The molecular formula is C19H17F3N4O2S. The molecular weight excluding hydrogens is 405 g/mol. The summed E-state index contributed by atoms with van der Waals surface area (Å²) < 4.78 is 67.5. The van der Waals surface area contributed by atoms with Crippen molar-refractivity contribution in [3.63, 3.8) is 0 Å². The second kappa shape index (κ2) is 7.36. The summed E-state index contributed by atoms with van der Waals surface area (Å²) in [6.07, 6.45) is -4.69. The van der Waals surface area contributed by atoms with Crippen molar-refractivity contribution in [3.8, 4) is 11.3 Å². The number of halogens is 3. The molecule has 3 aromatic rings. The first-order valence-electron chi connectivity index (χ1n) is 8.38. The standard InChI is InChI=1S/C19H17F3N4O2S/c1-11-5-3-6-12(2)18(11)14-9-13(19(20,21)22)10-16(24-14)26-29(27,28)17-8-4-7-15(23)25-17/h3-10H,1-2H3,(H2,23,25)(H,24,26). The average molecular weight is 422 g/mol. The van der Waals surface area contributed by atoms with Gasteiger partial charge < -0.3 is 5.73 Å². The van der Waals surface area contributed by atoms with Gasteiger partial charge in [-0.25, -0.2) is 9.97 Å². The summed E-state index contributed by atoms with van der Waals surface area (Å²) in [5.74, 6) is -0.511. The number of sulfonamides is 1. The van der Waals surface area contributed by atoms with E-state index in [-0.39, 0.29) is 11.5 Å². The third-order valence-corrected chi connectivity index (χ3v) is 5.41. The second-order valence-electron chi connectivity index (χ2n) is 6.40. The van der Waals surface area contributed by atoms with Gasteiger partial charge in [-0.1, -0.05) is 24.3 Å². The molecule has 0 fully saturated rings. The van der Waals surface area contributed by atoms with E-state index in [0.717, 1.165) is 6.07 Å². The Morgan fingerprint density at radius 1 is 0.966 bits per heavy atom. The number of aromatic nitrogens is 2. The van der Waals surface area contributed by atoms with Crippen LogP contribution in [0, 0.1) is 13.8 Å². The van der Waals surface area contributed by atoms with Crippen LogP contribution in [0.25, 0.3) is 11.3 Å². The van der Waals surface area contributed by atoms with Crippen molar-refractivity contribution >= 4 is 21.7 Å². The number of hydrogen-bond acceptors (Lipinski definition) is 5. The number of alkyl halides is 3. The minimum atomic E-state index is -4.69. The molecule has 0 radical (unpaired) electrons. The molecule has 0 unspecified atom stereocenters. The Morgan fingerprint density at radius 3 is 2.17 bits per heavy atom. The molecule has 0 amide bonds. The molecule has 2 heterocycles. The Balaban J connectivity index is 2.14. The van der Waals surface area contributed by atoms with Gasteiger partial charge in [0.1, 0.15) is 11.6 Å². The third kappa shape index (κ3) is 4.48. The Labute approximate surface area is 165 Å². The highest BCUT2D eigenvalue weighted by atomic mass is 32.2. The van der Waals surface area contributed by atoms with Gasteiger partial charge in [-0.3, -0.25) is 4.72 Å². The number of aryl methyl sites for hydroxylation is 2. The van der Waals surface area contributed by atoms with Crippen molar-refractivity contribution in [2.75, 3.05) is 10.5 Å². The van der Waals surface area contributed by atoms with Crippen LogP contribution in [0.3, 0.4) is 0 Å². The van der Waals surface area contributed by atoms with E-state index in [9.17, 15) is 21.6 Å². The molecule has 0 bridgehead atoms. The monoisotopic (exact) mass is 422 g/mol. The maximum atomic E-state index is 13.4. The van der Waals surface area contributed by atoms with E-state index < -0.39 is 32.6 Å².